The highest BCUT2D eigenvalue weighted by atomic mass is 32.2. The number of carbonyl (C=O) groups excluding carboxylic acids is 1. The predicted molar refractivity (Wildman–Crippen MR) is 127 cm³/mol. The minimum absolute atomic E-state index is 0.0501. The van der Waals surface area contributed by atoms with E-state index in [1.54, 1.807) is 6.33 Å². The number of hydrogen-bond donors (Lipinski definition) is 1. The van der Waals surface area contributed by atoms with Crippen molar-refractivity contribution in [2.24, 2.45) is 0 Å². The third kappa shape index (κ3) is 5.10. The first-order valence-corrected chi connectivity index (χ1v) is 11.7. The molecule has 7 heteroatoms. The van der Waals surface area contributed by atoms with Crippen molar-refractivity contribution in [3.8, 4) is 5.69 Å². The highest BCUT2D eigenvalue weighted by molar-refractivity contribution is 8.00. The molecule has 0 bridgehead atoms. The molecule has 31 heavy (non-hydrogen) atoms. The van der Waals surface area contributed by atoms with Crippen molar-refractivity contribution in [2.45, 2.75) is 50.4 Å². The standard InChI is InChI=1S/C24H29N5OS/c1-17-7-12-22(18(2)15-17)29-16-25-27-24(29)31-19(3)23(30)26-20-8-10-21(11-9-20)28-13-5-4-6-14-28/h7-12,15-16,19H,4-6,13-14H2,1-3H3,(H,26,30). The largest absolute Gasteiger partial charge is 0.372 e. The molecule has 0 aliphatic carbocycles. The second kappa shape index (κ2) is 9.56. The Morgan fingerprint density at radius 2 is 1.81 bits per heavy atom. The average Bonchev–Trinajstić information content (AvgIpc) is 3.22. The van der Waals surface area contributed by atoms with E-state index >= 15 is 0 Å². The van der Waals surface area contributed by atoms with E-state index in [1.165, 1.54) is 42.3 Å². The Labute approximate surface area is 188 Å². The zero-order valence-electron chi connectivity index (χ0n) is 18.3. The molecule has 2 heterocycles. The summed E-state index contributed by atoms with van der Waals surface area (Å²) in [7, 11) is 0. The van der Waals surface area contributed by atoms with Crippen molar-refractivity contribution in [1.29, 1.82) is 0 Å². The van der Waals surface area contributed by atoms with Crippen LogP contribution in [0.2, 0.25) is 0 Å². The van der Waals surface area contributed by atoms with Gasteiger partial charge in [0, 0.05) is 24.5 Å². The van der Waals surface area contributed by atoms with Crippen LogP contribution in [-0.4, -0.2) is 39.0 Å². The molecule has 1 unspecified atom stereocenters. The summed E-state index contributed by atoms with van der Waals surface area (Å²) in [4.78, 5) is 15.2. The molecule has 1 fully saturated rings. The van der Waals surface area contributed by atoms with Gasteiger partial charge in [-0.15, -0.1) is 10.2 Å². The maximum atomic E-state index is 12.8. The Morgan fingerprint density at radius 3 is 2.52 bits per heavy atom. The number of aromatic nitrogens is 3. The van der Waals surface area contributed by atoms with Gasteiger partial charge in [-0.2, -0.15) is 0 Å². The predicted octanol–water partition coefficient (Wildman–Crippen LogP) is 4.99. The van der Waals surface area contributed by atoms with Crippen LogP contribution < -0.4 is 10.2 Å². The molecule has 1 atom stereocenters. The highest BCUT2D eigenvalue weighted by Gasteiger charge is 2.19. The summed E-state index contributed by atoms with van der Waals surface area (Å²) in [6.07, 6.45) is 5.52. The molecule has 0 radical (unpaired) electrons. The SMILES string of the molecule is Cc1ccc(-n2cnnc2SC(C)C(=O)Nc2ccc(N3CCCCC3)cc2)c(C)c1. The van der Waals surface area contributed by atoms with Crippen LogP contribution >= 0.6 is 11.8 Å². The summed E-state index contributed by atoms with van der Waals surface area (Å²) < 4.78 is 1.94. The van der Waals surface area contributed by atoms with Crippen molar-refractivity contribution in [2.75, 3.05) is 23.3 Å². The molecule has 0 spiro atoms. The van der Waals surface area contributed by atoms with E-state index in [2.05, 4.69) is 64.6 Å². The second-order valence-electron chi connectivity index (χ2n) is 8.12. The number of rotatable bonds is 6. The molecule has 4 rings (SSSR count). The third-order valence-corrected chi connectivity index (χ3v) is 6.69. The molecule has 6 nitrogen and oxygen atoms in total. The van der Waals surface area contributed by atoms with Crippen LogP contribution in [0.5, 0.6) is 0 Å². The van der Waals surface area contributed by atoms with Crippen LogP contribution in [0.1, 0.15) is 37.3 Å². The zero-order valence-corrected chi connectivity index (χ0v) is 19.2. The maximum Gasteiger partial charge on any atom is 0.237 e. The molecule has 2 aromatic carbocycles. The monoisotopic (exact) mass is 435 g/mol. The van der Waals surface area contributed by atoms with Gasteiger partial charge in [0.05, 0.1) is 10.9 Å². The summed E-state index contributed by atoms with van der Waals surface area (Å²) in [5.41, 5.74) is 5.42. The van der Waals surface area contributed by atoms with Crippen LogP contribution in [0.25, 0.3) is 5.69 Å². The highest BCUT2D eigenvalue weighted by Crippen LogP contribution is 2.27. The third-order valence-electron chi connectivity index (χ3n) is 5.64. The van der Waals surface area contributed by atoms with E-state index in [4.69, 9.17) is 0 Å². The Balaban J connectivity index is 1.40. The van der Waals surface area contributed by atoms with Crippen LogP contribution in [0, 0.1) is 13.8 Å². The van der Waals surface area contributed by atoms with Gasteiger partial charge >= 0.3 is 0 Å². The fraction of sp³-hybridized carbons (Fsp3) is 0.375. The van der Waals surface area contributed by atoms with E-state index in [0.717, 1.165) is 30.0 Å². The molecule has 1 saturated heterocycles. The van der Waals surface area contributed by atoms with Crippen molar-refractivity contribution in [3.63, 3.8) is 0 Å². The van der Waals surface area contributed by atoms with Crippen molar-refractivity contribution >= 4 is 29.0 Å². The summed E-state index contributed by atoms with van der Waals surface area (Å²) in [5.74, 6) is -0.0501. The minimum Gasteiger partial charge on any atom is -0.372 e. The summed E-state index contributed by atoms with van der Waals surface area (Å²) in [5, 5.41) is 11.7. The average molecular weight is 436 g/mol. The zero-order chi connectivity index (χ0) is 21.8. The van der Waals surface area contributed by atoms with Gasteiger partial charge in [-0.25, -0.2) is 0 Å². The molecule has 0 saturated carbocycles. The molecule has 1 aromatic heterocycles. The van der Waals surface area contributed by atoms with Gasteiger partial charge in [-0.1, -0.05) is 29.5 Å². The Bertz CT molecular complexity index is 1040. The van der Waals surface area contributed by atoms with E-state index in [9.17, 15) is 4.79 Å². The molecule has 1 aliphatic rings. The molecular formula is C24H29N5OS. The van der Waals surface area contributed by atoms with E-state index in [1.807, 2.05) is 23.6 Å². The Hall–Kier alpha value is -2.80. The maximum absolute atomic E-state index is 12.8. The van der Waals surface area contributed by atoms with Crippen molar-refractivity contribution in [1.82, 2.24) is 14.8 Å². The van der Waals surface area contributed by atoms with Gasteiger partial charge in [0.15, 0.2) is 5.16 Å². The lowest BCUT2D eigenvalue weighted by Gasteiger charge is -2.28. The lowest BCUT2D eigenvalue weighted by atomic mass is 10.1. The topological polar surface area (TPSA) is 63.1 Å². The molecular weight excluding hydrogens is 406 g/mol. The van der Waals surface area contributed by atoms with Gasteiger partial charge in [0.1, 0.15) is 6.33 Å². The molecule has 1 amide bonds. The van der Waals surface area contributed by atoms with Crippen LogP contribution in [-0.2, 0) is 4.79 Å². The fourth-order valence-electron chi connectivity index (χ4n) is 3.91. The van der Waals surface area contributed by atoms with E-state index < -0.39 is 0 Å². The lowest BCUT2D eigenvalue weighted by Crippen LogP contribution is -2.29. The number of amides is 1. The summed E-state index contributed by atoms with van der Waals surface area (Å²) >= 11 is 1.41. The normalized spacial score (nSPS) is 15.0. The first kappa shape index (κ1) is 21.4. The van der Waals surface area contributed by atoms with E-state index in [-0.39, 0.29) is 11.2 Å². The minimum atomic E-state index is -0.310. The smallest absolute Gasteiger partial charge is 0.237 e. The number of thioether (sulfide) groups is 1. The van der Waals surface area contributed by atoms with Crippen molar-refractivity contribution < 1.29 is 4.79 Å². The van der Waals surface area contributed by atoms with E-state index in [0.29, 0.717) is 5.16 Å². The number of benzene rings is 2. The van der Waals surface area contributed by atoms with Gasteiger partial charge in [0.25, 0.3) is 0 Å². The van der Waals surface area contributed by atoms with Crippen LogP contribution in [0.15, 0.2) is 53.9 Å². The number of piperidine rings is 1. The number of carbonyl (C=O) groups is 1. The molecule has 1 N–H and O–H groups in total. The summed E-state index contributed by atoms with van der Waals surface area (Å²) in [6, 6.07) is 14.4. The number of nitrogens with one attached hydrogen (secondary N) is 1. The first-order chi connectivity index (χ1) is 15.0. The summed E-state index contributed by atoms with van der Waals surface area (Å²) in [6.45, 7) is 8.26. The molecule has 162 valence electrons. The number of anilines is 2. The Morgan fingerprint density at radius 1 is 1.06 bits per heavy atom. The van der Waals surface area contributed by atoms with Crippen LogP contribution in [0.4, 0.5) is 11.4 Å². The van der Waals surface area contributed by atoms with Gasteiger partial charge < -0.3 is 10.2 Å². The fourth-order valence-corrected chi connectivity index (χ4v) is 4.74. The van der Waals surface area contributed by atoms with Gasteiger partial charge in [0.2, 0.25) is 5.91 Å². The van der Waals surface area contributed by atoms with Gasteiger partial charge in [-0.3, -0.25) is 9.36 Å². The quantitative estimate of drug-likeness (QED) is 0.553. The number of aryl methyl sites for hydroxylation is 2. The number of hydrogen-bond acceptors (Lipinski definition) is 5. The lowest BCUT2D eigenvalue weighted by molar-refractivity contribution is -0.115. The van der Waals surface area contributed by atoms with Crippen LogP contribution in [0.3, 0.4) is 0 Å². The second-order valence-corrected chi connectivity index (χ2v) is 9.43. The first-order valence-electron chi connectivity index (χ1n) is 10.8. The Kier molecular flexibility index (Phi) is 6.61. The van der Waals surface area contributed by atoms with Gasteiger partial charge in [-0.05, 0) is 75.9 Å². The number of nitrogens with zero attached hydrogens (tertiary/aromatic N) is 4. The molecule has 1 aliphatic heterocycles. The van der Waals surface area contributed by atoms with Crippen molar-refractivity contribution in [3.05, 3.63) is 59.9 Å². The molecule has 3 aromatic rings.